The molecule has 1 unspecified atom stereocenters. The van der Waals surface area contributed by atoms with Gasteiger partial charge in [-0.15, -0.1) is 34.5 Å². The van der Waals surface area contributed by atoms with E-state index in [-0.39, 0.29) is 29.5 Å². The number of Topliss-reactive ketones (excluding diaryl/α,β-unsaturated/α-hetero) is 1. The zero-order valence-electron chi connectivity index (χ0n) is 13.1. The molecular weight excluding hydrogens is 420 g/mol. The Morgan fingerprint density at radius 2 is 1.87 bits per heavy atom. The molecule has 1 heterocycles. The van der Waals surface area contributed by atoms with Gasteiger partial charge in [0.2, 0.25) is 0 Å². The fourth-order valence-corrected chi connectivity index (χ4v) is 3.57. The minimum atomic E-state index is -1.37. The van der Waals surface area contributed by atoms with E-state index in [0.29, 0.717) is 12.8 Å². The Bertz CT molecular complexity index is 489. The lowest BCUT2D eigenvalue weighted by Gasteiger charge is -2.28. The van der Waals surface area contributed by atoms with Crippen LogP contribution in [0.25, 0.3) is 0 Å². The number of carbonyl (C=O) groups excluding carboxylic acids is 1. The van der Waals surface area contributed by atoms with Gasteiger partial charge in [-0.05, 0) is 12.3 Å². The van der Waals surface area contributed by atoms with Crippen LogP contribution in [0.5, 0.6) is 0 Å². The molecule has 23 heavy (non-hydrogen) atoms. The van der Waals surface area contributed by atoms with Gasteiger partial charge in [0.25, 0.3) is 0 Å². The summed E-state index contributed by atoms with van der Waals surface area (Å²) in [6.45, 7) is 5.61. The molecule has 1 aromatic heterocycles. The molecule has 0 fully saturated rings. The highest BCUT2D eigenvalue weighted by molar-refractivity contribution is 7.09. The number of thiazole rings is 1. The van der Waals surface area contributed by atoms with Crippen molar-refractivity contribution in [1.82, 2.24) is 4.98 Å². The summed E-state index contributed by atoms with van der Waals surface area (Å²) in [6.07, 6.45) is 2.61. The highest BCUT2D eigenvalue weighted by Crippen LogP contribution is 2.43. The van der Waals surface area contributed by atoms with E-state index < -0.39 is 8.63 Å². The maximum Gasteiger partial charge on any atom is 0.193 e. The molecule has 0 amide bonds. The normalized spacial score (nSPS) is 17.8. The summed E-state index contributed by atoms with van der Waals surface area (Å²) in [5.41, 5.74) is 0. The summed E-state index contributed by atoms with van der Waals surface area (Å²) in [4.78, 5) is 16.4. The van der Waals surface area contributed by atoms with Crippen molar-refractivity contribution in [2.45, 2.75) is 48.2 Å². The Kier molecular flexibility index (Phi) is 8.95. The number of hydrogen-bond acceptors (Lipinski definition) is 3. The van der Waals surface area contributed by atoms with E-state index in [1.54, 1.807) is 6.20 Å². The molecule has 0 aromatic carbocycles. The summed E-state index contributed by atoms with van der Waals surface area (Å²) >= 11 is 31.2. The fraction of sp³-hybridized carbons (Fsp3) is 0.733. The smallest absolute Gasteiger partial charge is 0.193 e. The van der Waals surface area contributed by atoms with Crippen molar-refractivity contribution in [3.05, 3.63) is 16.6 Å². The maximum atomic E-state index is 12.6. The molecule has 0 aliphatic heterocycles. The lowest BCUT2D eigenvalue weighted by Crippen LogP contribution is -2.27. The minimum absolute atomic E-state index is 0.0931. The molecule has 0 saturated heterocycles. The quantitative estimate of drug-likeness (QED) is 0.424. The van der Waals surface area contributed by atoms with Gasteiger partial charge in [0.05, 0.1) is 5.01 Å². The molecule has 8 heteroatoms. The first-order chi connectivity index (χ1) is 10.5. The van der Waals surface area contributed by atoms with Gasteiger partial charge in [-0.25, -0.2) is 4.98 Å². The van der Waals surface area contributed by atoms with Gasteiger partial charge in [-0.3, -0.25) is 4.79 Å². The van der Waals surface area contributed by atoms with Crippen LogP contribution in [0.2, 0.25) is 0 Å². The van der Waals surface area contributed by atoms with Crippen LogP contribution in [-0.4, -0.2) is 19.4 Å². The number of hydrogen-bond donors (Lipinski definition) is 0. The third-order valence-corrected chi connectivity index (χ3v) is 6.88. The van der Waals surface area contributed by atoms with Crippen molar-refractivity contribution in [2.24, 2.45) is 17.8 Å². The van der Waals surface area contributed by atoms with E-state index >= 15 is 0 Å². The van der Waals surface area contributed by atoms with Crippen LogP contribution in [-0.2, 0) is 4.79 Å². The van der Waals surface area contributed by atoms with Crippen molar-refractivity contribution < 1.29 is 4.79 Å². The molecule has 0 spiro atoms. The molecule has 0 aliphatic carbocycles. The molecular formula is C15H20Cl5NOS. The third-order valence-electron chi connectivity index (χ3n) is 4.00. The van der Waals surface area contributed by atoms with Crippen LogP contribution >= 0.6 is 69.3 Å². The first-order valence-corrected chi connectivity index (χ1v) is 10.2. The van der Waals surface area contributed by atoms with Crippen LogP contribution in [0, 0.1) is 17.8 Å². The minimum Gasteiger partial charge on any atom is -0.299 e. The largest absolute Gasteiger partial charge is 0.299 e. The van der Waals surface area contributed by atoms with Crippen LogP contribution < -0.4 is 0 Å². The summed E-state index contributed by atoms with van der Waals surface area (Å²) in [7, 11) is 0. The molecule has 0 bridgehead atoms. The fourth-order valence-electron chi connectivity index (χ4n) is 2.27. The highest BCUT2D eigenvalue weighted by atomic mass is 35.6. The molecule has 0 N–H and O–H groups in total. The predicted octanol–water partition coefficient (Wildman–Crippen LogP) is 6.66. The Hall–Kier alpha value is 0.750. The van der Waals surface area contributed by atoms with Gasteiger partial charge in [-0.2, -0.15) is 0 Å². The molecule has 4 atom stereocenters. The summed E-state index contributed by atoms with van der Waals surface area (Å²) in [5.74, 6) is -0.547. The summed E-state index contributed by atoms with van der Waals surface area (Å²) in [6, 6.07) is 0. The summed E-state index contributed by atoms with van der Waals surface area (Å²) < 4.78 is -1.37. The van der Waals surface area contributed by atoms with E-state index in [1.165, 1.54) is 11.3 Å². The van der Waals surface area contributed by atoms with Crippen molar-refractivity contribution >= 4 is 75.1 Å². The van der Waals surface area contributed by atoms with Crippen LogP contribution in [0.1, 0.15) is 44.5 Å². The van der Waals surface area contributed by atoms with Crippen molar-refractivity contribution in [1.29, 1.82) is 0 Å². The van der Waals surface area contributed by atoms with Gasteiger partial charge in [0.1, 0.15) is 10.6 Å². The van der Waals surface area contributed by atoms with E-state index in [1.807, 2.05) is 26.2 Å². The average molecular weight is 440 g/mol. The number of carbonyl (C=O) groups is 1. The molecule has 0 saturated carbocycles. The van der Waals surface area contributed by atoms with Crippen LogP contribution in [0.15, 0.2) is 11.6 Å². The Balaban J connectivity index is 2.90. The van der Waals surface area contributed by atoms with Gasteiger partial charge in [0.15, 0.2) is 3.79 Å². The van der Waals surface area contributed by atoms with Gasteiger partial charge in [-0.1, -0.05) is 55.6 Å². The molecule has 1 aromatic rings. The first kappa shape index (κ1) is 21.8. The number of alkyl halides is 5. The molecule has 1 rings (SSSR count). The second kappa shape index (κ2) is 9.45. The number of aromatic nitrogens is 1. The topological polar surface area (TPSA) is 30.0 Å². The first-order valence-electron chi connectivity index (χ1n) is 7.31. The van der Waals surface area contributed by atoms with E-state index in [9.17, 15) is 4.79 Å². The van der Waals surface area contributed by atoms with Crippen LogP contribution in [0.3, 0.4) is 0 Å². The molecule has 132 valence electrons. The van der Waals surface area contributed by atoms with E-state index in [2.05, 4.69) is 4.98 Å². The number of halogens is 5. The predicted molar refractivity (Wildman–Crippen MR) is 102 cm³/mol. The summed E-state index contributed by atoms with van der Waals surface area (Å²) in [5, 5.41) is 2.77. The molecule has 0 radical (unpaired) electrons. The number of ketones is 1. The Morgan fingerprint density at radius 3 is 2.30 bits per heavy atom. The zero-order chi connectivity index (χ0) is 17.8. The van der Waals surface area contributed by atoms with Gasteiger partial charge in [0, 0.05) is 35.8 Å². The van der Waals surface area contributed by atoms with E-state index in [0.717, 1.165) is 5.01 Å². The monoisotopic (exact) mass is 437 g/mol. The molecule has 0 aliphatic rings. The van der Waals surface area contributed by atoms with Crippen LogP contribution in [0.4, 0.5) is 0 Å². The maximum absolute atomic E-state index is 12.6. The number of rotatable bonds is 8. The highest BCUT2D eigenvalue weighted by Gasteiger charge is 2.36. The second-order valence-electron chi connectivity index (χ2n) is 5.93. The SMILES string of the molecule is CC(C(=O)C[C@H](C)C(Cl)Cl)[C@@H](C[C@H](C)C(Cl)(Cl)Cl)c1nccs1. The lowest BCUT2D eigenvalue weighted by atomic mass is 9.82. The van der Waals surface area contributed by atoms with Gasteiger partial charge < -0.3 is 0 Å². The Morgan fingerprint density at radius 1 is 1.26 bits per heavy atom. The van der Waals surface area contributed by atoms with Crippen molar-refractivity contribution in [3.63, 3.8) is 0 Å². The zero-order valence-corrected chi connectivity index (χ0v) is 17.7. The average Bonchev–Trinajstić information content (AvgIpc) is 2.96. The third kappa shape index (κ3) is 6.87. The number of nitrogens with zero attached hydrogens (tertiary/aromatic N) is 1. The lowest BCUT2D eigenvalue weighted by molar-refractivity contribution is -0.123. The van der Waals surface area contributed by atoms with Gasteiger partial charge >= 0.3 is 0 Å². The molecule has 2 nitrogen and oxygen atoms in total. The Labute approximate surface area is 166 Å². The van der Waals surface area contributed by atoms with Crippen molar-refractivity contribution in [2.75, 3.05) is 0 Å². The van der Waals surface area contributed by atoms with E-state index in [4.69, 9.17) is 58.0 Å². The standard InChI is InChI=1S/C15H20Cl5NOS/c1-8(13(16)17)6-12(22)10(3)11(14-21-4-5-23-14)7-9(2)15(18,19)20/h4-5,8-11,13H,6-7H2,1-3H3/t8-,9-,10?,11+/m0/s1. The van der Waals surface area contributed by atoms with Crippen molar-refractivity contribution in [3.8, 4) is 0 Å². The second-order valence-corrected chi connectivity index (χ2v) is 10.4.